The van der Waals surface area contributed by atoms with Gasteiger partial charge in [-0.05, 0) is 49.1 Å². The number of amides is 1. The van der Waals surface area contributed by atoms with Gasteiger partial charge in [0, 0.05) is 24.3 Å². The highest BCUT2D eigenvalue weighted by atomic mass is 32.2. The van der Waals surface area contributed by atoms with Gasteiger partial charge in [0.05, 0.1) is 5.75 Å². The van der Waals surface area contributed by atoms with E-state index in [1.807, 2.05) is 11.8 Å². The van der Waals surface area contributed by atoms with Crippen molar-refractivity contribution in [2.75, 3.05) is 30.1 Å². The molecule has 1 aromatic carbocycles. The Morgan fingerprint density at radius 1 is 1.35 bits per heavy atom. The number of hydrogen-bond acceptors (Lipinski definition) is 4. The number of nitrogens with zero attached hydrogens (tertiary/aromatic N) is 1. The molecule has 1 unspecified atom stereocenters. The van der Waals surface area contributed by atoms with Crippen LogP contribution in [0.5, 0.6) is 0 Å². The van der Waals surface area contributed by atoms with Crippen LogP contribution in [0.2, 0.25) is 0 Å². The van der Waals surface area contributed by atoms with Crippen molar-refractivity contribution < 1.29 is 13.2 Å². The highest BCUT2D eigenvalue weighted by Gasteiger charge is 2.35. The molecule has 23 heavy (non-hydrogen) atoms. The van der Waals surface area contributed by atoms with Gasteiger partial charge in [-0.25, -0.2) is 8.42 Å². The summed E-state index contributed by atoms with van der Waals surface area (Å²) in [6.07, 6.45) is 1.46. The first kappa shape index (κ1) is 17.7. The molecule has 1 amide bonds. The Morgan fingerprint density at radius 2 is 2.00 bits per heavy atom. The lowest BCUT2D eigenvalue weighted by Gasteiger charge is -2.22. The Labute approximate surface area is 138 Å². The van der Waals surface area contributed by atoms with E-state index in [0.717, 1.165) is 6.42 Å². The van der Waals surface area contributed by atoms with Crippen LogP contribution < -0.4 is 10.5 Å². The van der Waals surface area contributed by atoms with E-state index in [1.165, 1.54) is 0 Å². The number of likely N-dealkylation sites (tertiary alicyclic amines) is 1. The van der Waals surface area contributed by atoms with E-state index in [1.54, 1.807) is 24.3 Å². The minimum absolute atomic E-state index is 0.00854. The van der Waals surface area contributed by atoms with Gasteiger partial charge in [0.1, 0.15) is 0 Å². The number of benzene rings is 1. The number of nitrogens with two attached hydrogens (primary N) is 1. The van der Waals surface area contributed by atoms with Crippen LogP contribution in [0.3, 0.4) is 0 Å². The van der Waals surface area contributed by atoms with Crippen molar-refractivity contribution >= 4 is 21.6 Å². The van der Waals surface area contributed by atoms with Gasteiger partial charge >= 0.3 is 0 Å². The fourth-order valence-corrected chi connectivity index (χ4v) is 3.86. The summed E-state index contributed by atoms with van der Waals surface area (Å²) < 4.78 is 26.0. The maximum absolute atomic E-state index is 12.5. The first-order chi connectivity index (χ1) is 10.8. The van der Waals surface area contributed by atoms with E-state index in [0.29, 0.717) is 37.3 Å². The van der Waals surface area contributed by atoms with Gasteiger partial charge in [0.15, 0.2) is 0 Å². The van der Waals surface area contributed by atoms with E-state index >= 15 is 0 Å². The lowest BCUT2D eigenvalue weighted by atomic mass is 9.90. The summed E-state index contributed by atoms with van der Waals surface area (Å²) in [6.45, 7) is 5.83. The molecule has 2 rings (SSSR count). The second-order valence-electron chi connectivity index (χ2n) is 6.49. The van der Waals surface area contributed by atoms with Crippen molar-refractivity contribution in [3.63, 3.8) is 0 Å². The van der Waals surface area contributed by atoms with E-state index in [2.05, 4.69) is 11.6 Å². The molecule has 1 heterocycles. The van der Waals surface area contributed by atoms with Crippen molar-refractivity contribution in [1.82, 2.24) is 4.90 Å². The third-order valence-electron chi connectivity index (χ3n) is 4.22. The zero-order valence-electron chi connectivity index (χ0n) is 13.7. The van der Waals surface area contributed by atoms with Crippen LogP contribution in [-0.2, 0) is 10.0 Å². The summed E-state index contributed by atoms with van der Waals surface area (Å²) >= 11 is 0. The average molecular weight is 339 g/mol. The molecule has 0 saturated carbocycles. The number of nitrogens with one attached hydrogen (secondary N) is 1. The molecule has 1 saturated heterocycles. The van der Waals surface area contributed by atoms with Crippen LogP contribution in [-0.4, -0.2) is 44.6 Å². The third-order valence-corrected chi connectivity index (χ3v) is 5.71. The number of carbonyl (C=O) groups excluding carboxylic acids is 1. The molecular weight excluding hydrogens is 314 g/mol. The van der Waals surface area contributed by atoms with Crippen molar-refractivity contribution in [2.24, 2.45) is 11.1 Å². The zero-order valence-corrected chi connectivity index (χ0v) is 14.5. The molecule has 0 spiro atoms. The Hall–Kier alpha value is -1.60. The summed E-state index contributed by atoms with van der Waals surface area (Å²) in [7, 11) is -3.31. The summed E-state index contributed by atoms with van der Waals surface area (Å²) in [6, 6.07) is 6.56. The van der Waals surface area contributed by atoms with E-state index in [4.69, 9.17) is 5.73 Å². The predicted octanol–water partition coefficient (Wildman–Crippen LogP) is 1.65. The molecule has 0 radical (unpaired) electrons. The molecule has 3 N–H and O–H groups in total. The lowest BCUT2D eigenvalue weighted by molar-refractivity contribution is 0.0777. The molecule has 1 aliphatic rings. The van der Waals surface area contributed by atoms with E-state index in [9.17, 15) is 13.2 Å². The van der Waals surface area contributed by atoms with Gasteiger partial charge in [0.2, 0.25) is 10.0 Å². The molecule has 1 aromatic rings. The van der Waals surface area contributed by atoms with Gasteiger partial charge in [-0.3, -0.25) is 9.52 Å². The Balaban J connectivity index is 2.04. The third kappa shape index (κ3) is 4.45. The SMILES string of the molecule is CCCS(=O)(=O)Nc1ccc(C(=O)N2CCC(C)(CN)C2)cc1. The van der Waals surface area contributed by atoms with Gasteiger partial charge in [-0.15, -0.1) is 0 Å². The van der Waals surface area contributed by atoms with Crippen molar-refractivity contribution in [3.05, 3.63) is 29.8 Å². The van der Waals surface area contributed by atoms with Crippen LogP contribution in [0.15, 0.2) is 24.3 Å². The number of sulfonamides is 1. The van der Waals surface area contributed by atoms with Crippen LogP contribution in [0.1, 0.15) is 37.0 Å². The molecule has 1 aliphatic heterocycles. The second-order valence-corrected chi connectivity index (χ2v) is 8.33. The quantitative estimate of drug-likeness (QED) is 0.824. The van der Waals surface area contributed by atoms with E-state index < -0.39 is 10.0 Å². The summed E-state index contributed by atoms with van der Waals surface area (Å²) in [5.74, 6) is 0.0456. The first-order valence-electron chi connectivity index (χ1n) is 7.88. The minimum Gasteiger partial charge on any atom is -0.338 e. The average Bonchev–Trinajstić information content (AvgIpc) is 2.90. The maximum Gasteiger partial charge on any atom is 0.253 e. The molecule has 1 fully saturated rings. The van der Waals surface area contributed by atoms with Gasteiger partial charge in [-0.2, -0.15) is 0 Å². The van der Waals surface area contributed by atoms with E-state index in [-0.39, 0.29) is 17.1 Å². The minimum atomic E-state index is -3.31. The molecule has 128 valence electrons. The molecule has 7 heteroatoms. The standard InChI is InChI=1S/C16H25N3O3S/c1-3-10-23(21,22)18-14-6-4-13(5-7-14)15(20)19-9-8-16(2,11-17)12-19/h4-7,18H,3,8-12,17H2,1-2H3. The highest BCUT2D eigenvalue weighted by molar-refractivity contribution is 7.92. The molecule has 0 aliphatic carbocycles. The van der Waals surface area contributed by atoms with Crippen LogP contribution in [0.25, 0.3) is 0 Å². The normalized spacial score (nSPS) is 21.4. The van der Waals surface area contributed by atoms with Crippen molar-refractivity contribution in [1.29, 1.82) is 0 Å². The Kier molecular flexibility index (Phi) is 5.31. The maximum atomic E-state index is 12.5. The van der Waals surface area contributed by atoms with Gasteiger partial charge in [0.25, 0.3) is 5.91 Å². The molecule has 0 aromatic heterocycles. The lowest BCUT2D eigenvalue weighted by Crippen LogP contribution is -2.34. The zero-order chi connectivity index (χ0) is 17.1. The Bertz CT molecular complexity index is 658. The Morgan fingerprint density at radius 3 is 2.52 bits per heavy atom. The predicted molar refractivity (Wildman–Crippen MR) is 91.8 cm³/mol. The molecule has 1 atom stereocenters. The fourth-order valence-electron chi connectivity index (χ4n) is 2.73. The number of anilines is 1. The molecular formula is C16H25N3O3S. The number of carbonyl (C=O) groups is 1. The number of rotatable bonds is 6. The van der Waals surface area contributed by atoms with Crippen LogP contribution in [0, 0.1) is 5.41 Å². The fraction of sp³-hybridized carbons (Fsp3) is 0.562. The monoisotopic (exact) mass is 339 g/mol. The smallest absolute Gasteiger partial charge is 0.253 e. The van der Waals surface area contributed by atoms with Gasteiger partial charge < -0.3 is 10.6 Å². The van der Waals surface area contributed by atoms with Crippen molar-refractivity contribution in [3.8, 4) is 0 Å². The summed E-state index contributed by atoms with van der Waals surface area (Å²) in [4.78, 5) is 14.3. The van der Waals surface area contributed by atoms with Gasteiger partial charge in [-0.1, -0.05) is 13.8 Å². The van der Waals surface area contributed by atoms with Crippen molar-refractivity contribution in [2.45, 2.75) is 26.7 Å². The topological polar surface area (TPSA) is 92.5 Å². The largest absolute Gasteiger partial charge is 0.338 e. The summed E-state index contributed by atoms with van der Waals surface area (Å²) in [5, 5.41) is 0. The second kappa shape index (κ2) is 6.88. The first-order valence-corrected chi connectivity index (χ1v) is 9.54. The molecule has 6 nitrogen and oxygen atoms in total. The molecule has 0 bridgehead atoms. The van der Waals surface area contributed by atoms with Crippen LogP contribution in [0.4, 0.5) is 5.69 Å². The van der Waals surface area contributed by atoms with Crippen LogP contribution >= 0.6 is 0 Å². The highest BCUT2D eigenvalue weighted by Crippen LogP contribution is 2.29. The number of hydrogen-bond donors (Lipinski definition) is 2. The summed E-state index contributed by atoms with van der Waals surface area (Å²) in [5.41, 5.74) is 6.80.